The van der Waals surface area contributed by atoms with Crippen LogP contribution < -0.4 is 0 Å². The Kier molecular flexibility index (Phi) is 6.02. The van der Waals surface area contributed by atoms with E-state index < -0.39 is 0 Å². The van der Waals surface area contributed by atoms with Crippen LogP contribution in [-0.2, 0) is 0 Å². The van der Waals surface area contributed by atoms with Crippen molar-refractivity contribution in [1.82, 2.24) is 9.13 Å². The number of rotatable bonds is 4. The van der Waals surface area contributed by atoms with Gasteiger partial charge in [-0.2, -0.15) is 0 Å². The second-order valence-corrected chi connectivity index (χ2v) is 12.6. The molecule has 0 N–H and O–H groups in total. The number of nitrogens with zero attached hydrogens (tertiary/aromatic N) is 2. The summed E-state index contributed by atoms with van der Waals surface area (Å²) in [5.41, 5.74) is 13.1. The van der Waals surface area contributed by atoms with E-state index in [2.05, 4.69) is 168 Å². The van der Waals surface area contributed by atoms with Crippen molar-refractivity contribution in [2.75, 3.05) is 0 Å². The van der Waals surface area contributed by atoms with Crippen LogP contribution in [-0.4, -0.2) is 9.13 Å². The van der Waals surface area contributed by atoms with Crippen LogP contribution in [0.15, 0.2) is 146 Å². The van der Waals surface area contributed by atoms with Gasteiger partial charge >= 0.3 is 0 Å². The van der Waals surface area contributed by atoms with Crippen molar-refractivity contribution >= 4 is 49.9 Å². The third-order valence-electron chi connectivity index (χ3n) is 9.86. The molecule has 216 valence electrons. The van der Waals surface area contributed by atoms with Crippen molar-refractivity contribution in [2.24, 2.45) is 0 Å². The summed E-state index contributed by atoms with van der Waals surface area (Å²) in [6.07, 6.45) is 11.5. The van der Waals surface area contributed by atoms with Gasteiger partial charge in [0.1, 0.15) is 0 Å². The van der Waals surface area contributed by atoms with Crippen molar-refractivity contribution in [2.45, 2.75) is 31.7 Å². The van der Waals surface area contributed by atoms with E-state index in [9.17, 15) is 0 Å². The molecule has 7 aromatic rings. The highest BCUT2D eigenvalue weighted by Crippen LogP contribution is 2.45. The smallest absolute Gasteiger partial charge is 0.0566 e. The number of hydrogen-bond donors (Lipinski definition) is 0. The van der Waals surface area contributed by atoms with Gasteiger partial charge in [0, 0.05) is 32.9 Å². The fourth-order valence-corrected chi connectivity index (χ4v) is 7.89. The Bertz CT molecular complexity index is 2330. The molecule has 2 aliphatic rings. The third kappa shape index (κ3) is 4.17. The van der Waals surface area contributed by atoms with E-state index >= 15 is 0 Å². The molecule has 0 spiro atoms. The van der Waals surface area contributed by atoms with Crippen LogP contribution in [0.2, 0.25) is 0 Å². The van der Waals surface area contributed by atoms with Crippen molar-refractivity contribution in [1.29, 1.82) is 0 Å². The van der Waals surface area contributed by atoms with Gasteiger partial charge in [-0.1, -0.05) is 116 Å². The lowest BCUT2D eigenvalue weighted by Crippen LogP contribution is -2.08. The van der Waals surface area contributed by atoms with Gasteiger partial charge in [0.25, 0.3) is 0 Å². The van der Waals surface area contributed by atoms with Crippen LogP contribution in [0.1, 0.15) is 54.1 Å². The summed E-state index contributed by atoms with van der Waals surface area (Å²) in [4.78, 5) is 0. The molecular weight excluding hydrogens is 544 g/mol. The number of benzene rings is 5. The maximum absolute atomic E-state index is 2.56. The molecule has 2 unspecified atom stereocenters. The molecule has 2 atom stereocenters. The topological polar surface area (TPSA) is 9.86 Å². The van der Waals surface area contributed by atoms with E-state index in [0.29, 0.717) is 5.92 Å². The van der Waals surface area contributed by atoms with Crippen LogP contribution in [0.5, 0.6) is 0 Å². The van der Waals surface area contributed by atoms with Crippen LogP contribution in [0.25, 0.3) is 55.6 Å². The Morgan fingerprint density at radius 3 is 2.13 bits per heavy atom. The number of hydrogen-bond acceptors (Lipinski definition) is 0. The molecule has 2 heteroatoms. The second kappa shape index (κ2) is 10.4. The summed E-state index contributed by atoms with van der Waals surface area (Å²) >= 11 is 0. The molecule has 0 amide bonds. The van der Waals surface area contributed by atoms with Gasteiger partial charge in [0.2, 0.25) is 0 Å². The zero-order chi connectivity index (χ0) is 29.9. The average molecular weight is 579 g/mol. The first-order chi connectivity index (χ1) is 22.2. The van der Waals surface area contributed by atoms with Gasteiger partial charge in [0.15, 0.2) is 0 Å². The minimum absolute atomic E-state index is 0.261. The summed E-state index contributed by atoms with van der Waals surface area (Å²) in [6, 6.07) is 46.8. The SMILES string of the molecule is CC1CC(c2ccc3c(c2)c2ccccc2n3C2C=C(c3ccccc3)C=CC2)=Cc2c1c1ccccc1n2-c1ccccc1. The fourth-order valence-electron chi connectivity index (χ4n) is 7.89. The molecule has 2 heterocycles. The average Bonchev–Trinajstić information content (AvgIpc) is 3.62. The van der Waals surface area contributed by atoms with Crippen molar-refractivity contribution in [3.8, 4) is 5.69 Å². The Balaban J connectivity index is 1.21. The summed E-state index contributed by atoms with van der Waals surface area (Å²) in [6.45, 7) is 2.39. The monoisotopic (exact) mass is 578 g/mol. The van der Waals surface area contributed by atoms with Gasteiger partial charge in [0.05, 0.1) is 17.3 Å². The molecule has 0 saturated carbocycles. The minimum Gasteiger partial charge on any atom is -0.333 e. The number of aromatic nitrogens is 2. The van der Waals surface area contributed by atoms with Crippen molar-refractivity contribution < 1.29 is 0 Å². The fraction of sp³-hybridized carbons (Fsp3) is 0.116. The Hall–Kier alpha value is -5.34. The van der Waals surface area contributed by atoms with Crippen LogP contribution in [0.4, 0.5) is 0 Å². The lowest BCUT2D eigenvalue weighted by atomic mass is 9.83. The lowest BCUT2D eigenvalue weighted by Gasteiger charge is -2.23. The first-order valence-corrected chi connectivity index (χ1v) is 16.1. The summed E-state index contributed by atoms with van der Waals surface area (Å²) in [7, 11) is 0. The largest absolute Gasteiger partial charge is 0.333 e. The number of fused-ring (bicyclic) bond motifs is 6. The Labute approximate surface area is 263 Å². The molecule has 45 heavy (non-hydrogen) atoms. The van der Waals surface area contributed by atoms with E-state index in [0.717, 1.165) is 12.8 Å². The van der Waals surface area contributed by atoms with E-state index in [4.69, 9.17) is 0 Å². The molecule has 5 aromatic carbocycles. The van der Waals surface area contributed by atoms with Gasteiger partial charge < -0.3 is 9.13 Å². The summed E-state index contributed by atoms with van der Waals surface area (Å²) in [5, 5.41) is 4.01. The third-order valence-corrected chi connectivity index (χ3v) is 9.86. The number of allylic oxidation sites excluding steroid dienone is 5. The van der Waals surface area contributed by atoms with Gasteiger partial charge in [-0.15, -0.1) is 0 Å². The maximum atomic E-state index is 2.56. The maximum Gasteiger partial charge on any atom is 0.0566 e. The van der Waals surface area contributed by atoms with Crippen LogP contribution >= 0.6 is 0 Å². The molecule has 9 rings (SSSR count). The quantitative estimate of drug-likeness (QED) is 0.197. The Morgan fingerprint density at radius 2 is 1.31 bits per heavy atom. The molecule has 0 radical (unpaired) electrons. The zero-order valence-corrected chi connectivity index (χ0v) is 25.4. The first-order valence-electron chi connectivity index (χ1n) is 16.1. The predicted octanol–water partition coefficient (Wildman–Crippen LogP) is 11.4. The zero-order valence-electron chi connectivity index (χ0n) is 25.4. The molecular formula is C43H34N2. The van der Waals surface area contributed by atoms with E-state index in [1.807, 2.05) is 0 Å². The summed E-state index contributed by atoms with van der Waals surface area (Å²) in [5.74, 6) is 0.419. The molecule has 2 aliphatic carbocycles. The predicted molar refractivity (Wildman–Crippen MR) is 191 cm³/mol. The molecule has 0 bridgehead atoms. The molecule has 0 fully saturated rings. The van der Waals surface area contributed by atoms with E-state index in [1.165, 1.54) is 71.9 Å². The first kappa shape index (κ1) is 26.1. The number of para-hydroxylation sites is 3. The highest BCUT2D eigenvalue weighted by atomic mass is 15.0. The van der Waals surface area contributed by atoms with Crippen LogP contribution in [0, 0.1) is 0 Å². The van der Waals surface area contributed by atoms with Crippen molar-refractivity contribution in [3.63, 3.8) is 0 Å². The molecule has 0 aliphatic heterocycles. The summed E-state index contributed by atoms with van der Waals surface area (Å²) < 4.78 is 5.02. The highest BCUT2D eigenvalue weighted by molar-refractivity contribution is 6.09. The van der Waals surface area contributed by atoms with Crippen molar-refractivity contribution in [3.05, 3.63) is 168 Å². The molecule has 2 nitrogen and oxygen atoms in total. The van der Waals surface area contributed by atoms with Gasteiger partial charge in [-0.25, -0.2) is 0 Å². The second-order valence-electron chi connectivity index (χ2n) is 12.6. The standard InChI is InChI=1S/C43H34N2/c1-29-25-33(28-42-43(29)37-20-9-11-22-40(37)44(42)34-16-6-3-7-17-34)32-23-24-41-38(27-32)36-19-8-10-21-39(36)45(41)35-18-12-15-31(26-35)30-13-4-2-5-14-30/h2-17,19-24,26-29,35H,18,25H2,1H3. The molecule has 2 aromatic heterocycles. The van der Waals surface area contributed by atoms with Gasteiger partial charge in [-0.3, -0.25) is 0 Å². The normalized spacial score (nSPS) is 17.9. The molecule has 0 saturated heterocycles. The van der Waals surface area contributed by atoms with Crippen LogP contribution in [0.3, 0.4) is 0 Å². The van der Waals surface area contributed by atoms with E-state index in [-0.39, 0.29) is 6.04 Å². The van der Waals surface area contributed by atoms with Gasteiger partial charge in [-0.05, 0) is 89.1 Å². The Morgan fingerprint density at radius 1 is 0.622 bits per heavy atom. The minimum atomic E-state index is 0.261. The highest BCUT2D eigenvalue weighted by Gasteiger charge is 2.27. The van der Waals surface area contributed by atoms with E-state index in [1.54, 1.807) is 0 Å². The lowest BCUT2D eigenvalue weighted by molar-refractivity contribution is 0.650.